The Morgan fingerprint density at radius 3 is 2.67 bits per heavy atom. The molecule has 0 unspecified atom stereocenters. The maximum absolute atomic E-state index is 12.6. The summed E-state index contributed by atoms with van der Waals surface area (Å²) in [5, 5.41) is 6.47. The molecule has 1 saturated carbocycles. The second-order valence-electron chi connectivity index (χ2n) is 4.60. The smallest absolute Gasteiger partial charge is 0.246 e. The highest BCUT2D eigenvalue weighted by Gasteiger charge is 2.34. The Bertz CT molecular complexity index is 494. The molecule has 1 aromatic rings. The third-order valence-electron chi connectivity index (χ3n) is 3.41. The first-order valence-corrected chi connectivity index (χ1v) is 8.12. The van der Waals surface area contributed by atoms with Crippen molar-refractivity contribution in [2.24, 2.45) is 0 Å². The Labute approximate surface area is 113 Å². The van der Waals surface area contributed by atoms with Gasteiger partial charge in [-0.15, -0.1) is 11.6 Å². The first kappa shape index (κ1) is 13.8. The normalized spacial score (nSPS) is 17.7. The average molecular weight is 292 g/mol. The molecule has 1 fully saturated rings. The molecule has 0 amide bonds. The molecule has 1 aliphatic rings. The predicted octanol–water partition coefficient (Wildman–Crippen LogP) is 1.89. The zero-order valence-electron chi connectivity index (χ0n) is 10.4. The summed E-state index contributed by atoms with van der Waals surface area (Å²) in [6.07, 6.45) is 5.40. The van der Waals surface area contributed by atoms with Crippen LogP contribution in [-0.4, -0.2) is 41.4 Å². The number of nitrogens with one attached hydrogen (secondary N) is 1. The maximum Gasteiger partial charge on any atom is 0.246 e. The second-order valence-corrected chi connectivity index (χ2v) is 6.84. The van der Waals surface area contributed by atoms with Crippen LogP contribution >= 0.6 is 11.6 Å². The fourth-order valence-electron chi connectivity index (χ4n) is 2.50. The third-order valence-corrected chi connectivity index (χ3v) is 5.64. The molecule has 2 rings (SSSR count). The summed E-state index contributed by atoms with van der Waals surface area (Å²) in [7, 11) is -3.48. The molecule has 102 valence electrons. The quantitative estimate of drug-likeness (QED) is 0.843. The number of aromatic amines is 1. The monoisotopic (exact) mass is 291 g/mol. The van der Waals surface area contributed by atoms with Crippen LogP contribution in [-0.2, 0) is 10.0 Å². The fraction of sp³-hybridized carbons (Fsp3) is 0.727. The van der Waals surface area contributed by atoms with Crippen LogP contribution in [0.1, 0.15) is 31.4 Å². The van der Waals surface area contributed by atoms with E-state index in [-0.39, 0.29) is 10.9 Å². The van der Waals surface area contributed by atoms with Gasteiger partial charge in [-0.3, -0.25) is 5.10 Å². The van der Waals surface area contributed by atoms with Crippen LogP contribution in [0.5, 0.6) is 0 Å². The van der Waals surface area contributed by atoms with Gasteiger partial charge in [-0.05, 0) is 19.8 Å². The molecule has 0 atom stereocenters. The summed E-state index contributed by atoms with van der Waals surface area (Å²) in [5.41, 5.74) is 0.576. The first-order valence-electron chi connectivity index (χ1n) is 6.15. The van der Waals surface area contributed by atoms with Gasteiger partial charge < -0.3 is 0 Å². The number of sulfonamides is 1. The van der Waals surface area contributed by atoms with E-state index in [4.69, 9.17) is 11.6 Å². The lowest BCUT2D eigenvalue weighted by molar-refractivity contribution is 0.336. The molecule has 0 saturated heterocycles. The average Bonchev–Trinajstić information content (AvgIpc) is 2.96. The number of hydrogen-bond acceptors (Lipinski definition) is 3. The van der Waals surface area contributed by atoms with Gasteiger partial charge in [0.05, 0.1) is 11.9 Å². The second kappa shape index (κ2) is 5.59. The zero-order valence-corrected chi connectivity index (χ0v) is 12.0. The molecule has 1 aliphatic carbocycles. The molecule has 0 bridgehead atoms. The first-order chi connectivity index (χ1) is 8.57. The van der Waals surface area contributed by atoms with E-state index in [0.29, 0.717) is 18.1 Å². The predicted molar refractivity (Wildman–Crippen MR) is 70.2 cm³/mol. The summed E-state index contributed by atoms with van der Waals surface area (Å²) < 4.78 is 26.7. The minimum atomic E-state index is -3.48. The molecular weight excluding hydrogens is 274 g/mol. The molecule has 0 spiro atoms. The van der Waals surface area contributed by atoms with E-state index in [1.807, 2.05) is 0 Å². The van der Waals surface area contributed by atoms with E-state index in [2.05, 4.69) is 10.2 Å². The minimum absolute atomic E-state index is 0.0862. The van der Waals surface area contributed by atoms with Crippen molar-refractivity contribution in [3.8, 4) is 0 Å². The number of halogens is 1. The van der Waals surface area contributed by atoms with E-state index < -0.39 is 10.0 Å². The Morgan fingerprint density at radius 2 is 2.17 bits per heavy atom. The number of H-pyrrole nitrogens is 1. The van der Waals surface area contributed by atoms with Crippen molar-refractivity contribution in [2.75, 3.05) is 12.4 Å². The molecule has 0 aliphatic heterocycles. The molecule has 5 nitrogen and oxygen atoms in total. The van der Waals surface area contributed by atoms with Gasteiger partial charge in [0.1, 0.15) is 4.90 Å². The van der Waals surface area contributed by atoms with Crippen molar-refractivity contribution < 1.29 is 8.42 Å². The van der Waals surface area contributed by atoms with Crippen molar-refractivity contribution in [1.29, 1.82) is 0 Å². The third kappa shape index (κ3) is 2.55. The Morgan fingerprint density at radius 1 is 1.50 bits per heavy atom. The Kier molecular flexibility index (Phi) is 4.29. The number of alkyl halides is 1. The van der Waals surface area contributed by atoms with Crippen molar-refractivity contribution in [2.45, 2.75) is 43.5 Å². The molecule has 1 N–H and O–H groups in total. The lowest BCUT2D eigenvalue weighted by Gasteiger charge is -2.27. The van der Waals surface area contributed by atoms with Crippen LogP contribution in [0.4, 0.5) is 0 Å². The number of aryl methyl sites for hydroxylation is 1. The summed E-state index contributed by atoms with van der Waals surface area (Å²) in [5.74, 6) is 0.312. The zero-order chi connectivity index (χ0) is 13.2. The lowest BCUT2D eigenvalue weighted by Crippen LogP contribution is -2.40. The molecule has 18 heavy (non-hydrogen) atoms. The van der Waals surface area contributed by atoms with Crippen molar-refractivity contribution >= 4 is 21.6 Å². The van der Waals surface area contributed by atoms with E-state index in [0.717, 1.165) is 25.7 Å². The highest BCUT2D eigenvalue weighted by atomic mass is 35.5. The number of rotatable bonds is 5. The lowest BCUT2D eigenvalue weighted by atomic mass is 10.2. The maximum atomic E-state index is 12.6. The fourth-order valence-corrected chi connectivity index (χ4v) is 4.59. The molecule has 1 heterocycles. The van der Waals surface area contributed by atoms with Crippen LogP contribution in [0.3, 0.4) is 0 Å². The van der Waals surface area contributed by atoms with Gasteiger partial charge in [-0.25, -0.2) is 8.42 Å². The Balaban J connectivity index is 2.32. The Hall–Kier alpha value is -0.590. The number of aromatic nitrogens is 2. The van der Waals surface area contributed by atoms with Gasteiger partial charge in [-0.2, -0.15) is 9.40 Å². The van der Waals surface area contributed by atoms with Crippen LogP contribution in [0, 0.1) is 6.92 Å². The topological polar surface area (TPSA) is 66.1 Å². The van der Waals surface area contributed by atoms with E-state index >= 15 is 0 Å². The van der Waals surface area contributed by atoms with Gasteiger partial charge in [0, 0.05) is 18.5 Å². The van der Waals surface area contributed by atoms with Gasteiger partial charge >= 0.3 is 0 Å². The molecule has 7 heteroatoms. The van der Waals surface area contributed by atoms with Crippen LogP contribution in [0.25, 0.3) is 0 Å². The molecule has 0 radical (unpaired) electrons. The summed E-state index contributed by atoms with van der Waals surface area (Å²) >= 11 is 5.75. The highest BCUT2D eigenvalue weighted by Crippen LogP contribution is 2.29. The SMILES string of the molecule is Cc1[nH]ncc1S(=O)(=O)N(CCCl)C1CCCC1. The van der Waals surface area contributed by atoms with Crippen LogP contribution in [0.15, 0.2) is 11.1 Å². The van der Waals surface area contributed by atoms with E-state index in [9.17, 15) is 8.42 Å². The molecular formula is C11H18ClN3O2S. The van der Waals surface area contributed by atoms with E-state index in [1.54, 1.807) is 11.2 Å². The van der Waals surface area contributed by atoms with Gasteiger partial charge in [-0.1, -0.05) is 12.8 Å². The summed E-state index contributed by atoms with van der Waals surface area (Å²) in [4.78, 5) is 0.263. The van der Waals surface area contributed by atoms with Crippen molar-refractivity contribution in [3.63, 3.8) is 0 Å². The highest BCUT2D eigenvalue weighted by molar-refractivity contribution is 7.89. The van der Waals surface area contributed by atoms with Crippen molar-refractivity contribution in [1.82, 2.24) is 14.5 Å². The van der Waals surface area contributed by atoms with E-state index in [1.165, 1.54) is 6.20 Å². The number of hydrogen-bond donors (Lipinski definition) is 1. The summed E-state index contributed by atoms with van der Waals surface area (Å²) in [6, 6.07) is 0.0862. The van der Waals surface area contributed by atoms with Crippen LogP contribution < -0.4 is 0 Å². The van der Waals surface area contributed by atoms with Gasteiger partial charge in [0.2, 0.25) is 10.0 Å². The summed E-state index contributed by atoms with van der Waals surface area (Å²) in [6.45, 7) is 2.08. The molecule has 0 aromatic carbocycles. The van der Waals surface area contributed by atoms with Gasteiger partial charge in [0.25, 0.3) is 0 Å². The van der Waals surface area contributed by atoms with Crippen molar-refractivity contribution in [3.05, 3.63) is 11.9 Å². The number of nitrogens with zero attached hydrogens (tertiary/aromatic N) is 2. The van der Waals surface area contributed by atoms with Crippen LogP contribution in [0.2, 0.25) is 0 Å². The minimum Gasteiger partial charge on any atom is -0.281 e. The standard InChI is InChI=1S/C11H18ClN3O2S/c1-9-11(8-13-14-9)18(16,17)15(7-6-12)10-4-2-3-5-10/h8,10H,2-7H2,1H3,(H,13,14). The molecule has 1 aromatic heterocycles. The van der Waals surface area contributed by atoms with Gasteiger partial charge in [0.15, 0.2) is 0 Å². The largest absolute Gasteiger partial charge is 0.281 e.